The molecule has 0 radical (unpaired) electrons. The molecular formula is C34H28N4O3S3. The van der Waals surface area contributed by atoms with E-state index in [9.17, 15) is 13.2 Å². The number of amides is 1. The second kappa shape index (κ2) is 12.0. The summed E-state index contributed by atoms with van der Waals surface area (Å²) in [6.45, 7) is 2.56. The Morgan fingerprint density at radius 1 is 0.864 bits per heavy atom. The van der Waals surface area contributed by atoms with E-state index in [1.165, 1.54) is 28.1 Å². The highest BCUT2D eigenvalue weighted by molar-refractivity contribution is 7.92. The van der Waals surface area contributed by atoms with Crippen LogP contribution in [-0.4, -0.2) is 30.8 Å². The van der Waals surface area contributed by atoms with Crippen molar-refractivity contribution in [3.05, 3.63) is 131 Å². The number of carbonyl (C=O) groups is 1. The van der Waals surface area contributed by atoms with Gasteiger partial charge in [-0.2, -0.15) is 0 Å². The highest BCUT2D eigenvalue weighted by atomic mass is 32.2. The number of benzene rings is 4. The molecule has 1 aliphatic heterocycles. The van der Waals surface area contributed by atoms with Crippen LogP contribution in [-0.2, 0) is 29.5 Å². The third kappa shape index (κ3) is 5.89. The number of aromatic nitrogens is 1. The van der Waals surface area contributed by atoms with Crippen molar-refractivity contribution in [1.29, 1.82) is 0 Å². The zero-order valence-corrected chi connectivity index (χ0v) is 26.0. The fraction of sp³-hybridized carbons (Fsp3) is 0.118. The van der Waals surface area contributed by atoms with Crippen molar-refractivity contribution >= 4 is 59.5 Å². The number of nitrogens with one attached hydrogen (secondary N) is 2. The van der Waals surface area contributed by atoms with E-state index < -0.39 is 10.0 Å². The number of thiazole rings is 1. The fourth-order valence-corrected chi connectivity index (χ4v) is 8.91. The van der Waals surface area contributed by atoms with Crippen molar-refractivity contribution in [3.8, 4) is 10.6 Å². The molecule has 220 valence electrons. The Morgan fingerprint density at radius 2 is 1.61 bits per heavy atom. The maximum absolute atomic E-state index is 13.7. The third-order valence-electron chi connectivity index (χ3n) is 7.55. The first-order valence-corrected chi connectivity index (χ1v) is 17.3. The van der Waals surface area contributed by atoms with Gasteiger partial charge in [-0.15, -0.1) is 22.7 Å². The lowest BCUT2D eigenvalue weighted by Crippen LogP contribution is -2.29. The molecule has 0 aliphatic carbocycles. The van der Waals surface area contributed by atoms with Crippen molar-refractivity contribution in [2.24, 2.45) is 0 Å². The van der Waals surface area contributed by atoms with Gasteiger partial charge in [-0.25, -0.2) is 13.4 Å². The van der Waals surface area contributed by atoms with Crippen LogP contribution in [0.5, 0.6) is 0 Å². The minimum atomic E-state index is -3.79. The maximum atomic E-state index is 13.7. The minimum absolute atomic E-state index is 0.154. The lowest BCUT2D eigenvalue weighted by molar-refractivity contribution is 0.102. The molecule has 6 aromatic rings. The summed E-state index contributed by atoms with van der Waals surface area (Å²) < 4.78 is 29.5. The van der Waals surface area contributed by atoms with Gasteiger partial charge < -0.3 is 5.32 Å². The van der Waals surface area contributed by atoms with Crippen LogP contribution in [0.25, 0.3) is 20.8 Å². The molecule has 2 N–H and O–H groups in total. The number of hydrogen-bond acceptors (Lipinski definition) is 7. The van der Waals surface area contributed by atoms with Gasteiger partial charge in [0.05, 0.1) is 15.1 Å². The lowest BCUT2D eigenvalue weighted by Gasteiger charge is -2.27. The Morgan fingerprint density at radius 3 is 2.41 bits per heavy atom. The molecule has 1 aliphatic rings. The van der Waals surface area contributed by atoms with Crippen molar-refractivity contribution in [3.63, 3.8) is 0 Å². The Labute approximate surface area is 263 Å². The summed E-state index contributed by atoms with van der Waals surface area (Å²) in [5.74, 6) is -0.312. The van der Waals surface area contributed by atoms with E-state index in [0.717, 1.165) is 51.8 Å². The maximum Gasteiger partial charge on any atom is 0.261 e. The Hall–Kier alpha value is -4.35. The van der Waals surface area contributed by atoms with Crippen LogP contribution in [0.4, 0.5) is 10.7 Å². The molecule has 2 aromatic heterocycles. The van der Waals surface area contributed by atoms with E-state index in [1.807, 2.05) is 24.3 Å². The van der Waals surface area contributed by atoms with Gasteiger partial charge in [0.2, 0.25) is 0 Å². The molecule has 3 heterocycles. The normalized spacial score (nSPS) is 13.5. The van der Waals surface area contributed by atoms with E-state index in [1.54, 1.807) is 65.1 Å². The van der Waals surface area contributed by atoms with Gasteiger partial charge >= 0.3 is 0 Å². The van der Waals surface area contributed by atoms with Gasteiger partial charge in [0.15, 0.2) is 0 Å². The average molecular weight is 637 g/mol. The molecule has 7 rings (SSSR count). The van der Waals surface area contributed by atoms with E-state index in [4.69, 9.17) is 4.98 Å². The summed E-state index contributed by atoms with van der Waals surface area (Å²) in [5.41, 5.74) is 5.10. The first-order valence-electron chi connectivity index (χ1n) is 14.2. The van der Waals surface area contributed by atoms with Crippen molar-refractivity contribution in [2.75, 3.05) is 16.6 Å². The molecule has 0 saturated heterocycles. The predicted octanol–water partition coefficient (Wildman–Crippen LogP) is 7.64. The number of fused-ring (bicyclic) bond motifs is 2. The summed E-state index contributed by atoms with van der Waals surface area (Å²) in [7, 11) is -3.79. The van der Waals surface area contributed by atoms with E-state index in [0.29, 0.717) is 11.3 Å². The standard InChI is InChI=1S/C34H28N4O3S3/c39-32(24-12-9-13-25(20-24)37-44(40,41)26-14-5-2-6-15-26)36-34-31(33-35-28-16-7-8-17-29(28)42-33)27-18-19-38(22-30(27)43-34)21-23-10-3-1-4-11-23/h1-17,20,37H,18-19,21-22H2,(H,36,39). The number of nitrogens with zero attached hydrogens (tertiary/aromatic N) is 2. The fourth-order valence-electron chi connectivity index (χ4n) is 5.44. The second-order valence-electron chi connectivity index (χ2n) is 10.6. The molecule has 1 amide bonds. The quantitative estimate of drug-likeness (QED) is 0.179. The molecule has 10 heteroatoms. The number of anilines is 2. The molecule has 7 nitrogen and oxygen atoms in total. The largest absolute Gasteiger partial charge is 0.313 e. The van der Waals surface area contributed by atoms with Crippen LogP contribution in [0.2, 0.25) is 0 Å². The molecule has 4 aromatic carbocycles. The zero-order chi connectivity index (χ0) is 30.1. The highest BCUT2D eigenvalue weighted by Crippen LogP contribution is 2.46. The van der Waals surface area contributed by atoms with E-state index in [2.05, 4.69) is 45.3 Å². The van der Waals surface area contributed by atoms with Gasteiger partial charge in [0.25, 0.3) is 15.9 Å². The van der Waals surface area contributed by atoms with E-state index >= 15 is 0 Å². The van der Waals surface area contributed by atoms with E-state index in [-0.39, 0.29) is 10.8 Å². The zero-order valence-electron chi connectivity index (χ0n) is 23.6. The number of para-hydroxylation sites is 1. The van der Waals surface area contributed by atoms with Crippen LogP contribution >= 0.6 is 22.7 Å². The van der Waals surface area contributed by atoms with Crippen LogP contribution in [0.15, 0.2) is 114 Å². The number of hydrogen-bond donors (Lipinski definition) is 2. The van der Waals surface area contributed by atoms with Crippen LogP contribution in [0.3, 0.4) is 0 Å². The molecule has 0 spiro atoms. The van der Waals surface area contributed by atoms with Gasteiger partial charge in [-0.05, 0) is 60.0 Å². The third-order valence-corrected chi connectivity index (χ3v) is 11.1. The topological polar surface area (TPSA) is 91.4 Å². The van der Waals surface area contributed by atoms with Crippen molar-refractivity contribution in [1.82, 2.24) is 9.88 Å². The molecule has 0 fully saturated rings. The minimum Gasteiger partial charge on any atom is -0.313 e. The van der Waals surface area contributed by atoms with Gasteiger partial charge in [0, 0.05) is 41.3 Å². The second-order valence-corrected chi connectivity index (χ2v) is 14.4. The first-order chi connectivity index (χ1) is 21.4. The van der Waals surface area contributed by atoms with Gasteiger partial charge in [-0.1, -0.05) is 66.7 Å². The summed E-state index contributed by atoms with van der Waals surface area (Å²) >= 11 is 3.23. The number of thiophene rings is 1. The summed E-state index contributed by atoms with van der Waals surface area (Å²) in [4.78, 5) is 22.4. The predicted molar refractivity (Wildman–Crippen MR) is 179 cm³/mol. The van der Waals surface area contributed by atoms with Crippen LogP contribution in [0.1, 0.15) is 26.4 Å². The first kappa shape index (κ1) is 28.4. The Bertz CT molecular complexity index is 2040. The summed E-state index contributed by atoms with van der Waals surface area (Å²) in [5, 5.41) is 4.81. The number of sulfonamides is 1. The molecule has 0 bridgehead atoms. The lowest BCUT2D eigenvalue weighted by atomic mass is 10.0. The number of carbonyl (C=O) groups excluding carboxylic acids is 1. The highest BCUT2D eigenvalue weighted by Gasteiger charge is 2.28. The summed E-state index contributed by atoms with van der Waals surface area (Å²) in [6.07, 6.45) is 0.858. The van der Waals surface area contributed by atoms with Crippen LogP contribution < -0.4 is 10.0 Å². The van der Waals surface area contributed by atoms with Crippen molar-refractivity contribution in [2.45, 2.75) is 24.4 Å². The monoisotopic (exact) mass is 636 g/mol. The molecular weight excluding hydrogens is 609 g/mol. The van der Waals surface area contributed by atoms with Gasteiger partial charge in [-0.3, -0.25) is 14.4 Å². The molecule has 0 saturated carbocycles. The Kier molecular flexibility index (Phi) is 7.73. The Balaban J connectivity index is 1.19. The number of rotatable bonds is 8. The molecule has 0 atom stereocenters. The summed E-state index contributed by atoms with van der Waals surface area (Å²) in [6, 6.07) is 33.2. The SMILES string of the molecule is O=C(Nc1sc2c(c1-c1nc3ccccc3s1)CCN(Cc1ccccc1)C2)c1cccc(NS(=O)(=O)c2ccccc2)c1. The smallest absolute Gasteiger partial charge is 0.261 e. The van der Waals surface area contributed by atoms with Gasteiger partial charge in [0.1, 0.15) is 10.0 Å². The molecule has 0 unspecified atom stereocenters. The average Bonchev–Trinajstić information content (AvgIpc) is 3.62. The molecule has 44 heavy (non-hydrogen) atoms. The van der Waals surface area contributed by atoms with Crippen LogP contribution in [0, 0.1) is 0 Å². The van der Waals surface area contributed by atoms with Crippen molar-refractivity contribution < 1.29 is 13.2 Å².